The number of hydrogen-bond donors (Lipinski definition) is 2. The lowest BCUT2D eigenvalue weighted by Gasteiger charge is -2.28. The van der Waals surface area contributed by atoms with E-state index < -0.39 is 0 Å². The maximum absolute atomic E-state index is 12.7. The fourth-order valence-corrected chi connectivity index (χ4v) is 4.62. The highest BCUT2D eigenvalue weighted by Gasteiger charge is 2.29. The Labute approximate surface area is 158 Å². The number of carbonyl (C=O) groups excluding carboxylic acids is 1. The number of aromatic amines is 1. The zero-order valence-electron chi connectivity index (χ0n) is 15.6. The van der Waals surface area contributed by atoms with E-state index in [-0.39, 0.29) is 29.0 Å². The minimum absolute atomic E-state index is 0.0773. The van der Waals surface area contributed by atoms with E-state index in [9.17, 15) is 14.4 Å². The third-order valence-electron chi connectivity index (χ3n) is 6.25. The van der Waals surface area contributed by atoms with Crippen LogP contribution in [0.5, 0.6) is 0 Å². The fraction of sp³-hybridized carbons (Fsp3) is 0.571. The van der Waals surface area contributed by atoms with Gasteiger partial charge in [-0.25, -0.2) is 4.79 Å². The van der Waals surface area contributed by atoms with E-state index in [2.05, 4.69) is 10.3 Å². The van der Waals surface area contributed by atoms with Crippen LogP contribution in [-0.2, 0) is 11.3 Å². The lowest BCUT2D eigenvalue weighted by atomic mass is 9.81. The van der Waals surface area contributed by atoms with Gasteiger partial charge >= 0.3 is 5.69 Å². The van der Waals surface area contributed by atoms with Crippen molar-refractivity contribution in [2.75, 3.05) is 0 Å². The number of nitrogens with zero attached hydrogens (tertiary/aromatic N) is 1. The number of fused-ring (bicyclic) bond motifs is 1. The van der Waals surface area contributed by atoms with Crippen LogP contribution in [0.1, 0.15) is 51.4 Å². The summed E-state index contributed by atoms with van der Waals surface area (Å²) in [4.78, 5) is 40.3. The molecule has 1 heterocycles. The van der Waals surface area contributed by atoms with Crippen LogP contribution >= 0.6 is 0 Å². The number of carbonyl (C=O) groups is 1. The normalized spacial score (nSPS) is 23.6. The molecule has 2 aliphatic rings. The second-order valence-electron chi connectivity index (χ2n) is 8.10. The highest BCUT2D eigenvalue weighted by atomic mass is 16.2. The third kappa shape index (κ3) is 3.84. The minimum atomic E-state index is -0.347. The number of amides is 1. The van der Waals surface area contributed by atoms with Crippen LogP contribution in [0, 0.1) is 11.8 Å². The molecule has 4 rings (SSSR count). The molecule has 2 aliphatic carbocycles. The topological polar surface area (TPSA) is 84.0 Å². The Morgan fingerprint density at radius 1 is 1.04 bits per heavy atom. The highest BCUT2D eigenvalue weighted by Crippen LogP contribution is 2.30. The Kier molecular flexibility index (Phi) is 5.14. The number of rotatable bonds is 4. The largest absolute Gasteiger partial charge is 0.353 e. The highest BCUT2D eigenvalue weighted by molar-refractivity contribution is 5.79. The van der Waals surface area contributed by atoms with Crippen LogP contribution in [-0.4, -0.2) is 21.5 Å². The molecule has 0 aliphatic heterocycles. The molecule has 2 N–H and O–H groups in total. The molecule has 6 heteroatoms. The van der Waals surface area contributed by atoms with Crippen molar-refractivity contribution in [3.05, 3.63) is 45.1 Å². The Bertz CT molecular complexity index is 932. The summed E-state index contributed by atoms with van der Waals surface area (Å²) in [7, 11) is 0. The number of para-hydroxylation sites is 1. The van der Waals surface area contributed by atoms with Gasteiger partial charge in [0.2, 0.25) is 5.91 Å². The summed E-state index contributed by atoms with van der Waals surface area (Å²) < 4.78 is 1.33. The number of H-pyrrole nitrogens is 1. The number of nitrogens with one attached hydrogen (secondary N) is 2. The summed E-state index contributed by atoms with van der Waals surface area (Å²) in [6, 6.07) is 7.47. The van der Waals surface area contributed by atoms with Crippen molar-refractivity contribution in [2.45, 2.75) is 64.0 Å². The average molecular weight is 369 g/mol. The first kappa shape index (κ1) is 18.0. The maximum atomic E-state index is 12.7. The van der Waals surface area contributed by atoms with Gasteiger partial charge in [-0.1, -0.05) is 25.0 Å². The molecule has 1 amide bonds. The smallest absolute Gasteiger partial charge is 0.328 e. The summed E-state index contributed by atoms with van der Waals surface area (Å²) >= 11 is 0. The van der Waals surface area contributed by atoms with Crippen LogP contribution in [0.25, 0.3) is 10.9 Å². The monoisotopic (exact) mass is 369 g/mol. The second kappa shape index (κ2) is 7.71. The Hall–Kier alpha value is -2.37. The summed E-state index contributed by atoms with van der Waals surface area (Å²) in [6.07, 6.45) is 8.07. The predicted molar refractivity (Wildman–Crippen MR) is 105 cm³/mol. The lowest BCUT2D eigenvalue weighted by molar-refractivity contribution is -0.126. The van der Waals surface area contributed by atoms with Crippen LogP contribution in [0.3, 0.4) is 0 Å². The molecular weight excluding hydrogens is 342 g/mol. The zero-order valence-corrected chi connectivity index (χ0v) is 15.6. The average Bonchev–Trinajstić information content (AvgIpc) is 3.18. The van der Waals surface area contributed by atoms with Crippen LogP contribution in [0.15, 0.2) is 33.9 Å². The maximum Gasteiger partial charge on any atom is 0.328 e. The first-order valence-electron chi connectivity index (χ1n) is 10.1. The van der Waals surface area contributed by atoms with E-state index in [1.807, 2.05) is 0 Å². The van der Waals surface area contributed by atoms with Crippen molar-refractivity contribution in [3.63, 3.8) is 0 Å². The molecule has 1 aromatic carbocycles. The zero-order chi connectivity index (χ0) is 18.8. The van der Waals surface area contributed by atoms with Gasteiger partial charge in [0, 0.05) is 18.5 Å². The van der Waals surface area contributed by atoms with Crippen molar-refractivity contribution in [3.8, 4) is 0 Å². The van der Waals surface area contributed by atoms with Crippen LogP contribution < -0.4 is 16.6 Å². The Morgan fingerprint density at radius 2 is 1.74 bits per heavy atom. The van der Waals surface area contributed by atoms with Gasteiger partial charge in [-0.15, -0.1) is 0 Å². The van der Waals surface area contributed by atoms with Gasteiger partial charge < -0.3 is 10.3 Å². The van der Waals surface area contributed by atoms with E-state index in [1.54, 1.807) is 24.3 Å². The molecule has 0 unspecified atom stereocenters. The van der Waals surface area contributed by atoms with Gasteiger partial charge in [0.05, 0.1) is 10.9 Å². The second-order valence-corrected chi connectivity index (χ2v) is 8.10. The van der Waals surface area contributed by atoms with Gasteiger partial charge in [-0.05, 0) is 56.6 Å². The molecule has 0 bridgehead atoms. The first-order chi connectivity index (χ1) is 13.1. The quantitative estimate of drug-likeness (QED) is 0.869. The molecule has 0 radical (unpaired) electrons. The lowest BCUT2D eigenvalue weighted by Crippen LogP contribution is -2.40. The van der Waals surface area contributed by atoms with Crippen LogP contribution in [0.2, 0.25) is 0 Å². The summed E-state index contributed by atoms with van der Waals surface area (Å²) in [5.74, 6) is 0.537. The molecule has 6 nitrogen and oxygen atoms in total. The molecule has 0 saturated heterocycles. The minimum Gasteiger partial charge on any atom is -0.353 e. The molecule has 2 saturated carbocycles. The molecule has 0 atom stereocenters. The molecule has 1 aromatic heterocycles. The number of hydrogen-bond acceptors (Lipinski definition) is 3. The van der Waals surface area contributed by atoms with E-state index in [0.717, 1.165) is 38.5 Å². The number of aromatic nitrogens is 2. The van der Waals surface area contributed by atoms with Crippen molar-refractivity contribution in [1.29, 1.82) is 0 Å². The standard InChI is InChI=1S/C21H27N3O3/c25-19(22-16-5-1-2-6-16)15-11-9-14(10-12-15)13-24-20(26)17-7-3-4-8-18(17)23-21(24)27/h3-4,7-8,14-16H,1-2,5-6,9-13H2,(H,22,25)(H,23,27). The van der Waals surface area contributed by atoms with E-state index in [1.165, 1.54) is 17.4 Å². The van der Waals surface area contributed by atoms with Gasteiger partial charge in [0.1, 0.15) is 0 Å². The Balaban J connectivity index is 1.39. The van der Waals surface area contributed by atoms with Crippen molar-refractivity contribution < 1.29 is 4.79 Å². The molecule has 2 aromatic rings. The molecular formula is C21H27N3O3. The van der Waals surface area contributed by atoms with Crippen molar-refractivity contribution in [1.82, 2.24) is 14.9 Å². The van der Waals surface area contributed by atoms with E-state index >= 15 is 0 Å². The predicted octanol–water partition coefficient (Wildman–Crippen LogP) is 2.56. The van der Waals surface area contributed by atoms with Gasteiger partial charge in [0.25, 0.3) is 5.56 Å². The first-order valence-corrected chi connectivity index (χ1v) is 10.1. The fourth-order valence-electron chi connectivity index (χ4n) is 4.62. The molecule has 0 spiro atoms. The Morgan fingerprint density at radius 3 is 2.48 bits per heavy atom. The summed E-state index contributed by atoms with van der Waals surface area (Å²) in [5, 5.41) is 3.75. The van der Waals surface area contributed by atoms with Gasteiger partial charge in [-0.3, -0.25) is 14.2 Å². The van der Waals surface area contributed by atoms with Gasteiger partial charge in [0.15, 0.2) is 0 Å². The third-order valence-corrected chi connectivity index (χ3v) is 6.25. The number of benzene rings is 1. The van der Waals surface area contributed by atoms with Crippen molar-refractivity contribution in [2.24, 2.45) is 11.8 Å². The SMILES string of the molecule is O=C(NC1CCCC1)C1CCC(Cn2c(=O)[nH]c3ccccc3c2=O)CC1. The summed E-state index contributed by atoms with van der Waals surface area (Å²) in [5.41, 5.74) is 0.00583. The molecule has 27 heavy (non-hydrogen) atoms. The van der Waals surface area contributed by atoms with E-state index in [4.69, 9.17) is 0 Å². The van der Waals surface area contributed by atoms with Gasteiger partial charge in [-0.2, -0.15) is 0 Å². The molecule has 144 valence electrons. The molecule has 2 fully saturated rings. The van der Waals surface area contributed by atoms with Crippen molar-refractivity contribution >= 4 is 16.8 Å². The van der Waals surface area contributed by atoms with E-state index in [0.29, 0.717) is 23.5 Å². The van der Waals surface area contributed by atoms with Crippen LogP contribution in [0.4, 0.5) is 0 Å². The summed E-state index contributed by atoms with van der Waals surface area (Å²) in [6.45, 7) is 0.427.